The first-order valence-electron chi connectivity index (χ1n) is 10.5. The van der Waals surface area contributed by atoms with Gasteiger partial charge >= 0.3 is 12.1 Å². The molecule has 1 unspecified atom stereocenters. The molecule has 0 saturated carbocycles. The summed E-state index contributed by atoms with van der Waals surface area (Å²) in [6, 6.07) is 2.20. The lowest BCUT2D eigenvalue weighted by molar-refractivity contribution is -0.138. The zero-order valence-corrected chi connectivity index (χ0v) is 19.7. The second-order valence-corrected chi connectivity index (χ2v) is 8.98. The number of amides is 1. The van der Waals surface area contributed by atoms with Crippen molar-refractivity contribution < 1.29 is 36.6 Å². The summed E-state index contributed by atoms with van der Waals surface area (Å²) in [5.74, 6) is -3.08. The van der Waals surface area contributed by atoms with Gasteiger partial charge in [0.1, 0.15) is 18.0 Å². The number of rotatable bonds is 9. The van der Waals surface area contributed by atoms with Crippen molar-refractivity contribution >= 4 is 27.8 Å². The van der Waals surface area contributed by atoms with Gasteiger partial charge in [-0.2, -0.15) is 13.2 Å². The number of halogens is 6. The van der Waals surface area contributed by atoms with E-state index in [2.05, 4.69) is 21.2 Å². The Bertz CT molecular complexity index is 1160. The zero-order valence-electron chi connectivity index (χ0n) is 18.1. The number of hydrogen-bond donors (Lipinski definition) is 2. The minimum absolute atomic E-state index is 0.0822. The molecule has 1 aliphatic heterocycles. The van der Waals surface area contributed by atoms with E-state index >= 15 is 0 Å². The average molecular weight is 566 g/mol. The summed E-state index contributed by atoms with van der Waals surface area (Å²) in [7, 11) is 0. The summed E-state index contributed by atoms with van der Waals surface area (Å²) in [5, 5.41) is 11.1. The number of pyridine rings is 1. The third-order valence-corrected chi connectivity index (χ3v) is 5.99. The molecule has 0 bridgehead atoms. The lowest BCUT2D eigenvalue weighted by Gasteiger charge is -2.34. The molecule has 1 aromatic heterocycles. The normalized spacial score (nSPS) is 15.5. The zero-order chi connectivity index (χ0) is 25.9. The van der Waals surface area contributed by atoms with Crippen molar-refractivity contribution in [3.05, 3.63) is 67.8 Å². The van der Waals surface area contributed by atoms with Crippen LogP contribution in [0.4, 0.5) is 22.0 Å². The van der Waals surface area contributed by atoms with Crippen molar-refractivity contribution in [1.29, 1.82) is 0 Å². The Kier molecular flexibility index (Phi) is 8.31. The Morgan fingerprint density at radius 1 is 1.23 bits per heavy atom. The van der Waals surface area contributed by atoms with E-state index in [1.807, 2.05) is 0 Å². The molecule has 2 heterocycles. The highest BCUT2D eigenvalue weighted by atomic mass is 79.9. The first-order valence-corrected chi connectivity index (χ1v) is 11.3. The minimum Gasteiger partial charge on any atom is -0.481 e. The van der Waals surface area contributed by atoms with E-state index in [0.717, 1.165) is 12.3 Å². The highest BCUT2D eigenvalue weighted by Gasteiger charge is 2.36. The van der Waals surface area contributed by atoms with Crippen LogP contribution >= 0.6 is 15.9 Å². The van der Waals surface area contributed by atoms with Crippen LogP contribution in [0.1, 0.15) is 29.2 Å². The smallest absolute Gasteiger partial charge is 0.416 e. The Balaban J connectivity index is 2.07. The molecule has 1 saturated heterocycles. The predicted molar refractivity (Wildman–Crippen MR) is 118 cm³/mol. The maximum atomic E-state index is 14.7. The lowest BCUT2D eigenvalue weighted by atomic mass is 10.0. The third kappa shape index (κ3) is 6.66. The van der Waals surface area contributed by atoms with Crippen molar-refractivity contribution in [2.45, 2.75) is 31.2 Å². The molecule has 3 rings (SSSR count). The summed E-state index contributed by atoms with van der Waals surface area (Å²) >= 11 is 3.14. The van der Waals surface area contributed by atoms with Gasteiger partial charge in [-0.05, 0) is 30.2 Å². The van der Waals surface area contributed by atoms with Gasteiger partial charge in [0.05, 0.1) is 12.0 Å². The summed E-state index contributed by atoms with van der Waals surface area (Å²) in [4.78, 5) is 38.1. The number of aromatic nitrogens is 1. The van der Waals surface area contributed by atoms with Gasteiger partial charge in [0.2, 0.25) is 5.91 Å². The standard InChI is InChI=1S/C22H21BrF5N3O4/c23-13-1-2-17(25)15(7-13)20(21(35)29-5-3-19(33)34)31-9-12(4-6-30-10-14(24)11-30)16(8-18(31)32)22(26,27)28/h1-2,7-9,14,20H,3-6,10-11H2,(H,29,35)(H,33,34). The van der Waals surface area contributed by atoms with Crippen molar-refractivity contribution in [3.8, 4) is 0 Å². The van der Waals surface area contributed by atoms with Gasteiger partial charge in [0.25, 0.3) is 5.56 Å². The van der Waals surface area contributed by atoms with Gasteiger partial charge in [0.15, 0.2) is 0 Å². The van der Waals surface area contributed by atoms with Crippen molar-refractivity contribution in [2.24, 2.45) is 0 Å². The Morgan fingerprint density at radius 2 is 1.91 bits per heavy atom. The van der Waals surface area contributed by atoms with Crippen LogP contribution < -0.4 is 10.9 Å². The van der Waals surface area contributed by atoms with E-state index in [0.29, 0.717) is 15.1 Å². The van der Waals surface area contributed by atoms with E-state index < -0.39 is 53.6 Å². The van der Waals surface area contributed by atoms with Crippen LogP contribution in [-0.2, 0) is 22.2 Å². The van der Waals surface area contributed by atoms with E-state index in [4.69, 9.17) is 5.11 Å². The number of aliphatic carboxylic acids is 1. The van der Waals surface area contributed by atoms with Crippen LogP contribution in [0.5, 0.6) is 0 Å². The molecule has 190 valence electrons. The SMILES string of the molecule is O=C(O)CCNC(=O)C(c1cc(Br)ccc1F)n1cc(CCN2CC(F)C2)c(C(F)(F)F)cc1=O. The number of nitrogens with one attached hydrogen (secondary N) is 1. The topological polar surface area (TPSA) is 91.6 Å². The van der Waals surface area contributed by atoms with Crippen LogP contribution in [-0.4, -0.2) is 58.8 Å². The largest absolute Gasteiger partial charge is 0.481 e. The van der Waals surface area contributed by atoms with E-state index in [1.165, 1.54) is 12.1 Å². The van der Waals surface area contributed by atoms with Gasteiger partial charge in [-0.25, -0.2) is 8.78 Å². The van der Waals surface area contributed by atoms with Gasteiger partial charge in [-0.15, -0.1) is 0 Å². The molecular formula is C22H21BrF5N3O4. The van der Waals surface area contributed by atoms with Crippen LogP contribution in [0.3, 0.4) is 0 Å². The first-order chi connectivity index (χ1) is 16.4. The third-order valence-electron chi connectivity index (χ3n) is 5.50. The molecule has 1 aromatic carbocycles. The molecule has 35 heavy (non-hydrogen) atoms. The number of likely N-dealkylation sites (tertiary alicyclic amines) is 1. The molecule has 1 fully saturated rings. The highest BCUT2D eigenvalue weighted by molar-refractivity contribution is 9.10. The van der Waals surface area contributed by atoms with Gasteiger partial charge in [-0.1, -0.05) is 15.9 Å². The molecular weight excluding hydrogens is 545 g/mol. The lowest BCUT2D eigenvalue weighted by Crippen LogP contribution is -2.49. The quantitative estimate of drug-likeness (QED) is 0.456. The molecule has 2 N–H and O–H groups in total. The van der Waals surface area contributed by atoms with Crippen LogP contribution in [0.15, 0.2) is 39.7 Å². The Labute approximate surface area is 204 Å². The fourth-order valence-electron chi connectivity index (χ4n) is 3.76. The van der Waals surface area contributed by atoms with Crippen molar-refractivity contribution in [2.75, 3.05) is 26.2 Å². The fraction of sp³-hybridized carbons (Fsp3) is 0.409. The maximum absolute atomic E-state index is 14.7. The first kappa shape index (κ1) is 26.8. The maximum Gasteiger partial charge on any atom is 0.416 e. The highest BCUT2D eigenvalue weighted by Crippen LogP contribution is 2.33. The van der Waals surface area contributed by atoms with Crippen molar-refractivity contribution in [1.82, 2.24) is 14.8 Å². The minimum atomic E-state index is -4.87. The van der Waals surface area contributed by atoms with E-state index in [9.17, 15) is 36.3 Å². The number of carbonyl (C=O) groups excluding carboxylic acids is 1. The molecule has 0 aliphatic carbocycles. The number of carbonyl (C=O) groups is 2. The number of nitrogens with zero attached hydrogens (tertiary/aromatic N) is 2. The number of alkyl halides is 4. The number of carboxylic acid groups (broad SMARTS) is 1. The molecule has 1 aliphatic rings. The molecule has 0 radical (unpaired) electrons. The Hall–Kier alpha value is -2.80. The number of benzene rings is 1. The van der Waals surface area contributed by atoms with E-state index in [1.54, 1.807) is 4.90 Å². The van der Waals surface area contributed by atoms with Crippen molar-refractivity contribution in [3.63, 3.8) is 0 Å². The average Bonchev–Trinajstić information content (AvgIpc) is 2.73. The number of carboxylic acids is 1. The molecule has 2 aromatic rings. The summed E-state index contributed by atoms with van der Waals surface area (Å²) in [6.45, 7) is -0.0952. The molecule has 13 heteroatoms. The predicted octanol–water partition coefficient (Wildman–Crippen LogP) is 3.15. The van der Waals surface area contributed by atoms with Gasteiger partial charge in [-0.3, -0.25) is 23.9 Å². The summed E-state index contributed by atoms with van der Waals surface area (Å²) in [6.07, 6.45) is -5.72. The molecule has 1 amide bonds. The van der Waals surface area contributed by atoms with Gasteiger partial charge < -0.3 is 10.4 Å². The molecule has 1 atom stereocenters. The second-order valence-electron chi connectivity index (χ2n) is 8.07. The number of hydrogen-bond acceptors (Lipinski definition) is 4. The van der Waals surface area contributed by atoms with Gasteiger partial charge in [0, 0.05) is 48.5 Å². The van der Waals surface area contributed by atoms with Crippen LogP contribution in [0.2, 0.25) is 0 Å². The fourth-order valence-corrected chi connectivity index (χ4v) is 4.13. The summed E-state index contributed by atoms with van der Waals surface area (Å²) < 4.78 is 69.8. The summed E-state index contributed by atoms with van der Waals surface area (Å²) in [5.41, 5.74) is -3.02. The second kappa shape index (κ2) is 10.9. The molecule has 7 nitrogen and oxygen atoms in total. The van der Waals surface area contributed by atoms with E-state index in [-0.39, 0.29) is 43.7 Å². The van der Waals surface area contributed by atoms with Crippen LogP contribution in [0.25, 0.3) is 0 Å². The van der Waals surface area contributed by atoms with Crippen LogP contribution in [0, 0.1) is 5.82 Å². The molecule has 0 spiro atoms. The Morgan fingerprint density at radius 3 is 2.51 bits per heavy atom. The monoisotopic (exact) mass is 565 g/mol.